The molecule has 0 heterocycles. The first-order valence-corrected chi connectivity index (χ1v) is 6.69. The SMILES string of the molecule is CCC1CCC(C(F)(F)C(=O)Oc2ccccc2)C1. The summed E-state index contributed by atoms with van der Waals surface area (Å²) in [5.74, 6) is -5.23. The van der Waals surface area contributed by atoms with Crippen LogP contribution in [0.25, 0.3) is 0 Å². The third-order valence-corrected chi connectivity index (χ3v) is 3.86. The topological polar surface area (TPSA) is 26.3 Å². The minimum Gasteiger partial charge on any atom is -0.422 e. The molecule has 0 radical (unpaired) electrons. The van der Waals surface area contributed by atoms with Crippen molar-refractivity contribution in [3.63, 3.8) is 0 Å². The zero-order valence-corrected chi connectivity index (χ0v) is 10.9. The molecule has 0 N–H and O–H groups in total. The maximum Gasteiger partial charge on any atom is 0.382 e. The number of halogens is 2. The van der Waals surface area contributed by atoms with E-state index in [1.165, 1.54) is 12.1 Å². The van der Waals surface area contributed by atoms with Crippen molar-refractivity contribution in [1.29, 1.82) is 0 Å². The summed E-state index contributed by atoms with van der Waals surface area (Å²) in [6, 6.07) is 8.01. The van der Waals surface area contributed by atoms with Gasteiger partial charge < -0.3 is 4.74 Å². The molecule has 2 unspecified atom stereocenters. The number of para-hydroxylation sites is 1. The van der Waals surface area contributed by atoms with Crippen LogP contribution in [0.15, 0.2) is 30.3 Å². The van der Waals surface area contributed by atoms with Crippen LogP contribution in [0, 0.1) is 11.8 Å². The van der Waals surface area contributed by atoms with E-state index in [-0.39, 0.29) is 5.75 Å². The number of benzene rings is 1. The van der Waals surface area contributed by atoms with Crippen LogP contribution >= 0.6 is 0 Å². The second kappa shape index (κ2) is 5.68. The van der Waals surface area contributed by atoms with Crippen LogP contribution in [-0.2, 0) is 4.79 Å². The van der Waals surface area contributed by atoms with Gasteiger partial charge in [0.15, 0.2) is 0 Å². The lowest BCUT2D eigenvalue weighted by molar-refractivity contribution is -0.170. The molecular formula is C15H18F2O2. The summed E-state index contributed by atoms with van der Waals surface area (Å²) < 4.78 is 32.9. The van der Waals surface area contributed by atoms with E-state index in [0.29, 0.717) is 18.8 Å². The van der Waals surface area contributed by atoms with E-state index in [9.17, 15) is 13.6 Å². The maximum atomic E-state index is 14.0. The van der Waals surface area contributed by atoms with Crippen LogP contribution in [-0.4, -0.2) is 11.9 Å². The standard InChI is InChI=1S/C15H18F2O2/c1-2-11-8-9-12(10-11)15(16,17)14(18)19-13-6-4-3-5-7-13/h3-7,11-12H,2,8-10H2,1H3. The molecule has 2 atom stereocenters. The van der Waals surface area contributed by atoms with Crippen LogP contribution in [0.4, 0.5) is 8.78 Å². The van der Waals surface area contributed by atoms with E-state index in [1.807, 2.05) is 6.92 Å². The fraction of sp³-hybridized carbons (Fsp3) is 0.533. The van der Waals surface area contributed by atoms with Gasteiger partial charge in [-0.3, -0.25) is 0 Å². The summed E-state index contributed by atoms with van der Waals surface area (Å²) in [7, 11) is 0. The van der Waals surface area contributed by atoms with Crippen molar-refractivity contribution in [1.82, 2.24) is 0 Å². The van der Waals surface area contributed by atoms with Gasteiger partial charge in [-0.05, 0) is 37.3 Å². The predicted molar refractivity (Wildman–Crippen MR) is 68.1 cm³/mol. The molecule has 0 aromatic heterocycles. The molecule has 1 aliphatic carbocycles. The molecule has 4 heteroatoms. The summed E-state index contributed by atoms with van der Waals surface area (Å²) in [6.07, 6.45) is 2.47. The summed E-state index contributed by atoms with van der Waals surface area (Å²) in [5.41, 5.74) is 0. The van der Waals surface area contributed by atoms with Gasteiger partial charge in [-0.25, -0.2) is 4.79 Å². The van der Waals surface area contributed by atoms with Gasteiger partial charge in [-0.2, -0.15) is 8.78 Å². The van der Waals surface area contributed by atoms with Crippen molar-refractivity contribution >= 4 is 5.97 Å². The molecule has 1 aliphatic rings. The molecule has 104 valence electrons. The lowest BCUT2D eigenvalue weighted by Crippen LogP contribution is -2.39. The zero-order valence-electron chi connectivity index (χ0n) is 10.9. The van der Waals surface area contributed by atoms with Gasteiger partial charge in [0.25, 0.3) is 0 Å². The number of carbonyl (C=O) groups is 1. The third-order valence-electron chi connectivity index (χ3n) is 3.86. The average molecular weight is 268 g/mol. The molecule has 1 aromatic rings. The largest absolute Gasteiger partial charge is 0.422 e. The van der Waals surface area contributed by atoms with Crippen LogP contribution < -0.4 is 4.74 Å². The Balaban J connectivity index is 2.01. The van der Waals surface area contributed by atoms with Crippen molar-refractivity contribution < 1.29 is 18.3 Å². The van der Waals surface area contributed by atoms with Crippen molar-refractivity contribution in [3.8, 4) is 5.75 Å². The lowest BCUT2D eigenvalue weighted by atomic mass is 9.97. The number of esters is 1. The molecule has 1 fully saturated rings. The Morgan fingerprint density at radius 1 is 1.32 bits per heavy atom. The van der Waals surface area contributed by atoms with Gasteiger partial charge in [-0.15, -0.1) is 0 Å². The Morgan fingerprint density at radius 3 is 2.58 bits per heavy atom. The Morgan fingerprint density at radius 2 is 2.00 bits per heavy atom. The van der Waals surface area contributed by atoms with Crippen LogP contribution in [0.5, 0.6) is 5.75 Å². The van der Waals surface area contributed by atoms with Gasteiger partial charge in [0.05, 0.1) is 0 Å². The number of alkyl halides is 2. The first-order chi connectivity index (χ1) is 9.04. The summed E-state index contributed by atoms with van der Waals surface area (Å²) in [4.78, 5) is 11.6. The zero-order chi connectivity index (χ0) is 13.9. The lowest BCUT2D eigenvalue weighted by Gasteiger charge is -2.21. The van der Waals surface area contributed by atoms with Crippen LogP contribution in [0.3, 0.4) is 0 Å². The molecule has 0 aliphatic heterocycles. The quantitative estimate of drug-likeness (QED) is 0.608. The monoisotopic (exact) mass is 268 g/mol. The highest BCUT2D eigenvalue weighted by atomic mass is 19.3. The Labute approximate surface area is 111 Å². The van der Waals surface area contributed by atoms with Gasteiger partial charge >= 0.3 is 11.9 Å². The average Bonchev–Trinajstić information content (AvgIpc) is 2.89. The molecule has 2 nitrogen and oxygen atoms in total. The second-order valence-corrected chi connectivity index (χ2v) is 5.11. The van der Waals surface area contributed by atoms with Gasteiger partial charge in [0.1, 0.15) is 5.75 Å². The highest BCUT2D eigenvalue weighted by Crippen LogP contribution is 2.42. The minimum atomic E-state index is -3.39. The maximum absolute atomic E-state index is 14.0. The number of carbonyl (C=O) groups excluding carboxylic acids is 1. The van der Waals surface area contributed by atoms with E-state index in [2.05, 4.69) is 0 Å². The Hall–Kier alpha value is -1.45. The first-order valence-electron chi connectivity index (χ1n) is 6.69. The number of hydrogen-bond acceptors (Lipinski definition) is 2. The number of ether oxygens (including phenoxy) is 1. The van der Waals surface area contributed by atoms with Crippen LogP contribution in [0.1, 0.15) is 32.6 Å². The minimum absolute atomic E-state index is 0.164. The van der Waals surface area contributed by atoms with Crippen molar-refractivity contribution in [3.05, 3.63) is 30.3 Å². The fourth-order valence-corrected chi connectivity index (χ4v) is 2.61. The molecule has 0 bridgehead atoms. The van der Waals surface area contributed by atoms with Gasteiger partial charge in [0, 0.05) is 5.92 Å². The fourth-order valence-electron chi connectivity index (χ4n) is 2.61. The third kappa shape index (κ3) is 3.11. The van der Waals surface area contributed by atoms with E-state index in [0.717, 1.165) is 12.8 Å². The van der Waals surface area contributed by atoms with Crippen molar-refractivity contribution in [2.24, 2.45) is 11.8 Å². The first kappa shape index (κ1) is 14.0. The Kier molecular flexibility index (Phi) is 4.17. The molecule has 2 rings (SSSR count). The van der Waals surface area contributed by atoms with Crippen molar-refractivity contribution in [2.75, 3.05) is 0 Å². The van der Waals surface area contributed by atoms with Gasteiger partial charge in [0.2, 0.25) is 0 Å². The summed E-state index contributed by atoms with van der Waals surface area (Å²) in [6.45, 7) is 1.99. The normalized spacial score (nSPS) is 23.3. The van der Waals surface area contributed by atoms with E-state index in [4.69, 9.17) is 4.74 Å². The molecule has 1 aromatic carbocycles. The predicted octanol–water partition coefficient (Wildman–Crippen LogP) is 4.05. The Bertz CT molecular complexity index is 431. The number of hydrogen-bond donors (Lipinski definition) is 0. The van der Waals surface area contributed by atoms with E-state index >= 15 is 0 Å². The highest BCUT2D eigenvalue weighted by molar-refractivity contribution is 5.80. The molecular weight excluding hydrogens is 250 g/mol. The second-order valence-electron chi connectivity index (χ2n) is 5.11. The number of rotatable bonds is 4. The molecule has 19 heavy (non-hydrogen) atoms. The summed E-state index contributed by atoms with van der Waals surface area (Å²) in [5, 5.41) is 0. The van der Waals surface area contributed by atoms with E-state index in [1.54, 1.807) is 18.2 Å². The van der Waals surface area contributed by atoms with Crippen molar-refractivity contribution in [2.45, 2.75) is 38.5 Å². The highest BCUT2D eigenvalue weighted by Gasteiger charge is 2.51. The van der Waals surface area contributed by atoms with E-state index < -0.39 is 17.8 Å². The van der Waals surface area contributed by atoms with Gasteiger partial charge in [-0.1, -0.05) is 31.5 Å². The molecule has 1 saturated carbocycles. The smallest absolute Gasteiger partial charge is 0.382 e. The molecule has 0 amide bonds. The molecule has 0 saturated heterocycles. The molecule has 0 spiro atoms. The summed E-state index contributed by atoms with van der Waals surface area (Å²) >= 11 is 0. The van der Waals surface area contributed by atoms with Crippen LogP contribution in [0.2, 0.25) is 0 Å².